The van der Waals surface area contributed by atoms with Gasteiger partial charge in [0.05, 0.1) is 0 Å². The van der Waals surface area contributed by atoms with Crippen LogP contribution in [0.4, 0.5) is 0 Å². The first kappa shape index (κ1) is 48.1. The Morgan fingerprint density at radius 1 is 0.750 bits per heavy atom. The van der Waals surface area contributed by atoms with E-state index in [4.69, 9.17) is 0 Å². The van der Waals surface area contributed by atoms with Crippen molar-refractivity contribution >= 4 is 54.4 Å². The molecule has 4 heavy (non-hydrogen) atoms. The summed E-state index contributed by atoms with van der Waals surface area (Å²) in [6.07, 6.45) is 0. The summed E-state index contributed by atoms with van der Waals surface area (Å²) in [6.45, 7) is 0. The fourth-order valence-corrected chi connectivity index (χ4v) is 0. The van der Waals surface area contributed by atoms with Crippen LogP contribution in [0.15, 0.2) is 0 Å². The summed E-state index contributed by atoms with van der Waals surface area (Å²) >= 11 is 0. The summed E-state index contributed by atoms with van der Waals surface area (Å²) in [7, 11) is 0. The van der Waals surface area contributed by atoms with Crippen LogP contribution in [0.3, 0.4) is 0 Å². The summed E-state index contributed by atoms with van der Waals surface area (Å²) < 4.78 is 0. The van der Waals surface area contributed by atoms with Gasteiger partial charge in [-0.2, -0.15) is 0 Å². The summed E-state index contributed by atoms with van der Waals surface area (Å²) in [4.78, 5) is 0. The molecule has 1 nitrogen and oxygen atoms in total. The molecule has 0 heterocycles. The third-order valence-electron chi connectivity index (χ3n) is 0. The third-order valence-corrected chi connectivity index (χ3v) is 0. The second kappa shape index (κ2) is 24.0. The number of halogens is 2. The van der Waals surface area contributed by atoms with E-state index >= 15 is 0 Å². The fraction of sp³-hybridized carbons (Fsp3) is 0. The van der Waals surface area contributed by atoms with Gasteiger partial charge in [-0.3, -0.25) is 0 Å². The van der Waals surface area contributed by atoms with Crippen molar-refractivity contribution in [2.45, 2.75) is 0 Å². The molecule has 0 bridgehead atoms. The van der Waals surface area contributed by atoms with Crippen molar-refractivity contribution in [3.63, 3.8) is 0 Å². The topological polar surface area (TPSA) is 31.5 Å². The molecule has 0 aromatic rings. The normalized spacial score (nSPS) is 0. The van der Waals surface area contributed by atoms with E-state index < -0.39 is 0 Å². The first-order valence-corrected chi connectivity index (χ1v) is 0. The Balaban J connectivity index is 0. The minimum absolute atomic E-state index is 0. The number of hydrogen-bond acceptors (Lipinski definition) is 0. The second-order valence-electron chi connectivity index (χ2n) is 0. The predicted molar refractivity (Wildman–Crippen MR) is 25.3 cm³/mol. The predicted octanol–water partition coefficient (Wildman–Crippen LogP) is -0.630. The summed E-state index contributed by atoms with van der Waals surface area (Å²) in [5, 5.41) is 0. The molecule has 0 amide bonds. The molecule has 0 saturated heterocycles. The molecular formula is H5Cl2NaO. The van der Waals surface area contributed by atoms with E-state index in [0.717, 1.165) is 0 Å². The van der Waals surface area contributed by atoms with E-state index in [1.807, 2.05) is 0 Å². The zero-order valence-corrected chi connectivity index (χ0v) is 2.95. The molecule has 0 atom stereocenters. The third kappa shape index (κ3) is 9.63. The molecule has 0 aliphatic carbocycles. The van der Waals surface area contributed by atoms with Gasteiger partial charge < -0.3 is 5.48 Å². The van der Waals surface area contributed by atoms with Crippen molar-refractivity contribution in [1.29, 1.82) is 0 Å². The van der Waals surface area contributed by atoms with Crippen LogP contribution < -0.4 is 0 Å². The van der Waals surface area contributed by atoms with Gasteiger partial charge in [-0.15, -0.1) is 24.8 Å². The van der Waals surface area contributed by atoms with E-state index in [1.54, 1.807) is 0 Å². The van der Waals surface area contributed by atoms with Gasteiger partial charge in [0.15, 0.2) is 0 Å². The quantitative estimate of drug-likeness (QED) is 0.376. The van der Waals surface area contributed by atoms with Crippen LogP contribution in [-0.4, -0.2) is 35.0 Å². The Morgan fingerprint density at radius 3 is 0.750 bits per heavy atom. The van der Waals surface area contributed by atoms with E-state index in [0.29, 0.717) is 0 Å². The molecule has 0 fully saturated rings. The van der Waals surface area contributed by atoms with Gasteiger partial charge in [0.1, 0.15) is 0 Å². The Hall–Kier alpha value is 1.54. The van der Waals surface area contributed by atoms with Crippen LogP contribution in [0.1, 0.15) is 0 Å². The Labute approximate surface area is 59.6 Å². The van der Waals surface area contributed by atoms with Crippen molar-refractivity contribution < 1.29 is 5.48 Å². The van der Waals surface area contributed by atoms with Gasteiger partial charge in [-0.25, -0.2) is 0 Å². The summed E-state index contributed by atoms with van der Waals surface area (Å²) in [5.74, 6) is 0. The van der Waals surface area contributed by atoms with Crippen LogP contribution in [0.25, 0.3) is 0 Å². The van der Waals surface area contributed by atoms with Crippen molar-refractivity contribution in [2.24, 2.45) is 0 Å². The van der Waals surface area contributed by atoms with Gasteiger partial charge in [0, 0.05) is 0 Å². The Morgan fingerprint density at radius 2 is 0.750 bits per heavy atom. The van der Waals surface area contributed by atoms with Crippen LogP contribution in [0, 0.1) is 0 Å². The monoisotopic (exact) mass is 114 g/mol. The van der Waals surface area contributed by atoms with Gasteiger partial charge in [0.25, 0.3) is 0 Å². The van der Waals surface area contributed by atoms with E-state index in [-0.39, 0.29) is 59.8 Å². The molecule has 0 unspecified atom stereocenters. The zero-order valence-electron chi connectivity index (χ0n) is 1.32. The fourth-order valence-electron chi connectivity index (χ4n) is 0. The molecular weight excluding hydrogens is 110 g/mol. The van der Waals surface area contributed by atoms with Crippen LogP contribution in [0.5, 0.6) is 0 Å². The van der Waals surface area contributed by atoms with Gasteiger partial charge in [-0.05, 0) is 0 Å². The van der Waals surface area contributed by atoms with Crippen molar-refractivity contribution in [3.8, 4) is 0 Å². The summed E-state index contributed by atoms with van der Waals surface area (Å²) in [5.41, 5.74) is 0. The molecule has 0 aromatic carbocycles. The average molecular weight is 115 g/mol. The zero-order chi connectivity index (χ0) is 0. The summed E-state index contributed by atoms with van der Waals surface area (Å²) in [6, 6.07) is 0. The van der Waals surface area contributed by atoms with E-state index in [2.05, 4.69) is 0 Å². The molecule has 0 radical (unpaired) electrons. The molecule has 0 saturated carbocycles. The van der Waals surface area contributed by atoms with Gasteiger partial charge in [0.2, 0.25) is 0 Å². The average Bonchev–Trinajstić information content (AvgIpc) is 0. The minimum atomic E-state index is 0. The first-order chi connectivity index (χ1) is 0. The molecule has 0 aromatic heterocycles. The van der Waals surface area contributed by atoms with E-state index in [9.17, 15) is 0 Å². The molecule has 0 rings (SSSR count). The van der Waals surface area contributed by atoms with Crippen molar-refractivity contribution in [1.82, 2.24) is 0 Å². The Kier molecular flexibility index (Phi) is 289. The molecule has 0 aliphatic rings. The van der Waals surface area contributed by atoms with Crippen molar-refractivity contribution in [2.75, 3.05) is 0 Å². The molecule has 0 aliphatic heterocycles. The maximum atomic E-state index is 0. The standard InChI is InChI=1S/2ClH.Na.H2O.H/h2*1H;;1H2;. The molecule has 0 spiro atoms. The number of hydrogen-bond donors (Lipinski definition) is 0. The maximum absolute atomic E-state index is 0. The molecule has 4 heteroatoms. The Bertz CT molecular complexity index is 6.00. The van der Waals surface area contributed by atoms with Gasteiger partial charge in [-0.1, -0.05) is 0 Å². The van der Waals surface area contributed by atoms with Crippen LogP contribution in [0.2, 0.25) is 0 Å². The van der Waals surface area contributed by atoms with Crippen LogP contribution in [-0.2, 0) is 0 Å². The van der Waals surface area contributed by atoms with E-state index in [1.165, 1.54) is 0 Å². The molecule has 2 N–H and O–H groups in total. The molecule has 26 valence electrons. The first-order valence-electron chi connectivity index (χ1n) is 0. The van der Waals surface area contributed by atoms with Crippen molar-refractivity contribution in [3.05, 3.63) is 0 Å². The van der Waals surface area contributed by atoms with Gasteiger partial charge >= 0.3 is 29.6 Å². The SMILES string of the molecule is Cl.Cl.O.[NaH]. The number of rotatable bonds is 0. The van der Waals surface area contributed by atoms with Crippen LogP contribution >= 0.6 is 24.8 Å². The second-order valence-corrected chi connectivity index (χ2v) is 0.